The summed E-state index contributed by atoms with van der Waals surface area (Å²) in [5.74, 6) is 0. The molecule has 5 heteroatoms. The van der Waals surface area contributed by atoms with Gasteiger partial charge in [-0.05, 0) is 13.3 Å². The van der Waals surface area contributed by atoms with E-state index in [-0.39, 0.29) is 17.0 Å². The van der Waals surface area contributed by atoms with Gasteiger partial charge in [-0.1, -0.05) is 13.3 Å². The minimum absolute atomic E-state index is 0. The topological polar surface area (TPSA) is 26.3 Å². The second kappa shape index (κ2) is 7.83. The highest BCUT2D eigenvalue weighted by Gasteiger charge is 2.42. The van der Waals surface area contributed by atoms with Crippen molar-refractivity contribution >= 4 is 8.46 Å². The predicted octanol–water partition coefficient (Wildman–Crippen LogP) is -0.667. The second-order valence-corrected chi connectivity index (χ2v) is 5.65. The molecule has 0 N–H and O–H groups in total. The van der Waals surface area contributed by atoms with Crippen molar-refractivity contribution in [3.63, 3.8) is 0 Å². The summed E-state index contributed by atoms with van der Waals surface area (Å²) in [6, 6.07) is 0. The van der Waals surface area contributed by atoms with E-state index >= 15 is 0 Å². The molecule has 0 heterocycles. The predicted molar refractivity (Wildman–Crippen MR) is 62.3 cm³/mol. The number of halogens is 1. The Morgan fingerprint density at radius 1 is 1.27 bits per heavy atom. The summed E-state index contributed by atoms with van der Waals surface area (Å²) >= 11 is 0. The van der Waals surface area contributed by atoms with Crippen molar-refractivity contribution in [2.75, 3.05) is 27.7 Å². The SMILES string of the molecule is CCCCC(OCC)([PH2]=O)[N+](C)(C)C.[Br-]. The maximum absolute atomic E-state index is 11.4. The van der Waals surface area contributed by atoms with Gasteiger partial charge >= 0.3 is 0 Å². The molecule has 15 heavy (non-hydrogen) atoms. The molecule has 0 aromatic carbocycles. The molecule has 0 aliphatic rings. The maximum Gasteiger partial charge on any atom is 0.248 e. The largest absolute Gasteiger partial charge is 1.00 e. The Hall–Kier alpha value is 0.630. The van der Waals surface area contributed by atoms with Crippen LogP contribution in [-0.2, 0) is 9.30 Å². The van der Waals surface area contributed by atoms with E-state index in [1.54, 1.807) is 0 Å². The van der Waals surface area contributed by atoms with Crippen LogP contribution in [0.15, 0.2) is 0 Å². The highest BCUT2D eigenvalue weighted by molar-refractivity contribution is 7.25. The third-order valence-corrected chi connectivity index (χ3v) is 4.20. The Bertz CT molecular complexity index is 185. The highest BCUT2D eigenvalue weighted by Crippen LogP contribution is 2.36. The molecule has 3 nitrogen and oxygen atoms in total. The number of nitrogens with zero attached hydrogens (tertiary/aromatic N) is 1. The molecule has 2 unspecified atom stereocenters. The second-order valence-electron chi connectivity index (χ2n) is 4.51. The van der Waals surface area contributed by atoms with Crippen LogP contribution < -0.4 is 17.0 Å². The molecule has 0 fully saturated rings. The standard InChI is InChI=1S/C10H25NO2P.BrH/c1-6-8-9-10(14-12,13-7-2)11(3,4)5;/h6-9,14H2,1-5H3;1H/q+1;/p-1. The number of quaternary nitrogens is 1. The summed E-state index contributed by atoms with van der Waals surface area (Å²) < 4.78 is 17.8. The van der Waals surface area contributed by atoms with E-state index in [4.69, 9.17) is 4.74 Å². The molecule has 0 rings (SSSR count). The molecule has 0 aromatic heterocycles. The number of hydrogen-bond acceptors (Lipinski definition) is 2. The number of unbranched alkanes of at least 4 members (excludes halogenated alkanes) is 1. The third-order valence-electron chi connectivity index (χ3n) is 2.60. The smallest absolute Gasteiger partial charge is 0.248 e. The summed E-state index contributed by atoms with van der Waals surface area (Å²) in [5.41, 5.74) is -0.454. The van der Waals surface area contributed by atoms with Crippen molar-refractivity contribution in [3.8, 4) is 0 Å². The van der Waals surface area contributed by atoms with Crippen LogP contribution in [0, 0.1) is 0 Å². The lowest BCUT2D eigenvalue weighted by Crippen LogP contribution is -3.00. The Balaban J connectivity index is 0. The molecule has 0 aromatic rings. The lowest BCUT2D eigenvalue weighted by Gasteiger charge is -2.42. The summed E-state index contributed by atoms with van der Waals surface area (Å²) in [4.78, 5) is 0. The Labute approximate surface area is 106 Å². The zero-order chi connectivity index (χ0) is 11.2. The summed E-state index contributed by atoms with van der Waals surface area (Å²) in [6.07, 6.45) is 3.08. The van der Waals surface area contributed by atoms with Crippen LogP contribution in [0.25, 0.3) is 0 Å². The van der Waals surface area contributed by atoms with Gasteiger partial charge in [0.25, 0.3) is 0 Å². The van der Waals surface area contributed by atoms with Gasteiger partial charge < -0.3 is 26.3 Å². The van der Waals surface area contributed by atoms with Crippen LogP contribution in [0.3, 0.4) is 0 Å². The van der Waals surface area contributed by atoms with Gasteiger partial charge in [0.05, 0.1) is 27.7 Å². The molecule has 0 saturated carbocycles. The Morgan fingerprint density at radius 3 is 2.07 bits per heavy atom. The van der Waals surface area contributed by atoms with Gasteiger partial charge in [0.1, 0.15) is 0 Å². The molecule has 0 aliphatic carbocycles. The molecule has 0 radical (unpaired) electrons. The van der Waals surface area contributed by atoms with Gasteiger partial charge in [0.2, 0.25) is 5.47 Å². The monoisotopic (exact) mass is 301 g/mol. The molecular formula is C10H25BrNO2P. The number of ether oxygens (including phenoxy) is 1. The van der Waals surface area contributed by atoms with E-state index in [2.05, 4.69) is 28.1 Å². The zero-order valence-corrected chi connectivity index (χ0v) is 13.3. The third kappa shape index (κ3) is 4.99. The fourth-order valence-electron chi connectivity index (χ4n) is 1.53. The highest BCUT2D eigenvalue weighted by atomic mass is 79.9. The van der Waals surface area contributed by atoms with E-state index < -0.39 is 13.9 Å². The Morgan fingerprint density at radius 2 is 1.80 bits per heavy atom. The van der Waals surface area contributed by atoms with Crippen molar-refractivity contribution < 1.29 is 30.8 Å². The summed E-state index contributed by atoms with van der Waals surface area (Å²) in [5, 5.41) is 0. The number of rotatable bonds is 7. The van der Waals surface area contributed by atoms with Crippen molar-refractivity contribution in [2.24, 2.45) is 0 Å². The van der Waals surface area contributed by atoms with Crippen molar-refractivity contribution in [1.82, 2.24) is 0 Å². The minimum atomic E-state index is -0.914. The average molecular weight is 302 g/mol. The zero-order valence-electron chi connectivity index (χ0n) is 10.5. The van der Waals surface area contributed by atoms with Gasteiger partial charge in [-0.25, -0.2) is 0 Å². The summed E-state index contributed by atoms with van der Waals surface area (Å²) in [7, 11) is 5.24. The van der Waals surface area contributed by atoms with Gasteiger partial charge in [-0.15, -0.1) is 0 Å². The molecule has 0 bridgehead atoms. The average Bonchev–Trinajstić information content (AvgIpc) is 2.10. The minimum Gasteiger partial charge on any atom is -1.00 e. The fraction of sp³-hybridized carbons (Fsp3) is 1.00. The van der Waals surface area contributed by atoms with Gasteiger partial charge in [0.15, 0.2) is 8.46 Å². The first kappa shape index (κ1) is 18.0. The Kier molecular flexibility index (Phi) is 9.40. The maximum atomic E-state index is 11.4. The van der Waals surface area contributed by atoms with Crippen LogP contribution in [0.5, 0.6) is 0 Å². The van der Waals surface area contributed by atoms with Crippen LogP contribution in [0.1, 0.15) is 33.1 Å². The van der Waals surface area contributed by atoms with E-state index in [1.165, 1.54) is 0 Å². The lowest BCUT2D eigenvalue weighted by molar-refractivity contribution is -0.933. The van der Waals surface area contributed by atoms with E-state index in [0.717, 1.165) is 19.3 Å². The van der Waals surface area contributed by atoms with Crippen molar-refractivity contribution in [3.05, 3.63) is 0 Å². The van der Waals surface area contributed by atoms with E-state index in [1.807, 2.05) is 6.92 Å². The first-order valence-corrected chi connectivity index (χ1v) is 6.40. The van der Waals surface area contributed by atoms with Crippen LogP contribution in [0.2, 0.25) is 0 Å². The fourth-order valence-corrected chi connectivity index (χ4v) is 2.41. The molecule has 0 spiro atoms. The first-order valence-electron chi connectivity index (χ1n) is 5.35. The molecule has 94 valence electrons. The van der Waals surface area contributed by atoms with Crippen LogP contribution in [-0.4, -0.2) is 37.7 Å². The normalized spacial score (nSPS) is 16.3. The first-order chi connectivity index (χ1) is 6.43. The lowest BCUT2D eigenvalue weighted by atomic mass is 10.2. The summed E-state index contributed by atoms with van der Waals surface area (Å²) in [6.45, 7) is 4.74. The van der Waals surface area contributed by atoms with E-state index in [0.29, 0.717) is 11.1 Å². The quantitative estimate of drug-likeness (QED) is 0.354. The van der Waals surface area contributed by atoms with Gasteiger partial charge in [-0.3, -0.25) is 4.48 Å². The van der Waals surface area contributed by atoms with Crippen molar-refractivity contribution in [2.45, 2.75) is 38.6 Å². The van der Waals surface area contributed by atoms with E-state index in [9.17, 15) is 4.57 Å². The molecule has 0 saturated heterocycles. The molecule has 2 atom stereocenters. The molecule has 0 amide bonds. The molecule has 0 aliphatic heterocycles. The van der Waals surface area contributed by atoms with Gasteiger partial charge in [0, 0.05) is 6.42 Å². The van der Waals surface area contributed by atoms with Crippen molar-refractivity contribution in [1.29, 1.82) is 0 Å². The number of hydrogen-bond donors (Lipinski definition) is 0. The van der Waals surface area contributed by atoms with Crippen LogP contribution in [0.4, 0.5) is 0 Å². The van der Waals surface area contributed by atoms with Crippen LogP contribution >= 0.6 is 8.46 Å². The van der Waals surface area contributed by atoms with Gasteiger partial charge in [-0.2, -0.15) is 0 Å². The molecular weight excluding hydrogens is 277 g/mol.